The molecule has 0 fully saturated rings. The van der Waals surface area contributed by atoms with Crippen LogP contribution < -0.4 is 10.2 Å². The van der Waals surface area contributed by atoms with Gasteiger partial charge in [0.05, 0.1) is 0 Å². The Kier molecular flexibility index (Phi) is 2.37. The standard InChI is InChI=1S/C12H11ClN4/c1-17-11(8-5-3-2-4-6-8)16-9-10(13)14-7-15-12(9)17/h2-7,11,16H,1H3. The molecule has 0 bridgehead atoms. The van der Waals surface area contributed by atoms with Crippen LogP contribution in [0.15, 0.2) is 36.7 Å². The van der Waals surface area contributed by atoms with Gasteiger partial charge in [-0.3, -0.25) is 0 Å². The van der Waals surface area contributed by atoms with Gasteiger partial charge in [-0.15, -0.1) is 0 Å². The molecule has 5 heteroatoms. The van der Waals surface area contributed by atoms with Crippen LogP contribution in [0.4, 0.5) is 11.5 Å². The molecule has 0 saturated heterocycles. The van der Waals surface area contributed by atoms with Gasteiger partial charge in [0, 0.05) is 7.05 Å². The number of halogens is 1. The second-order valence-electron chi connectivity index (χ2n) is 3.93. The van der Waals surface area contributed by atoms with Crippen molar-refractivity contribution in [1.82, 2.24) is 9.97 Å². The van der Waals surface area contributed by atoms with Crippen molar-refractivity contribution in [3.63, 3.8) is 0 Å². The zero-order chi connectivity index (χ0) is 11.8. The molecule has 0 amide bonds. The summed E-state index contributed by atoms with van der Waals surface area (Å²) >= 11 is 6.05. The largest absolute Gasteiger partial charge is 0.356 e. The summed E-state index contributed by atoms with van der Waals surface area (Å²) in [5.41, 5.74) is 1.97. The molecule has 2 heterocycles. The highest BCUT2D eigenvalue weighted by molar-refractivity contribution is 6.32. The lowest BCUT2D eigenvalue weighted by Gasteiger charge is -2.21. The van der Waals surface area contributed by atoms with Gasteiger partial charge in [-0.05, 0) is 5.56 Å². The Labute approximate surface area is 104 Å². The van der Waals surface area contributed by atoms with Crippen molar-refractivity contribution in [2.24, 2.45) is 0 Å². The van der Waals surface area contributed by atoms with Crippen LogP contribution in [0.25, 0.3) is 0 Å². The van der Waals surface area contributed by atoms with E-state index in [4.69, 9.17) is 11.6 Å². The van der Waals surface area contributed by atoms with Gasteiger partial charge in [0.1, 0.15) is 18.2 Å². The van der Waals surface area contributed by atoms with Gasteiger partial charge in [-0.25, -0.2) is 9.97 Å². The molecule has 1 atom stereocenters. The van der Waals surface area contributed by atoms with Crippen molar-refractivity contribution in [3.8, 4) is 0 Å². The molecule has 3 rings (SSSR count). The summed E-state index contributed by atoms with van der Waals surface area (Å²) < 4.78 is 0. The third kappa shape index (κ3) is 1.61. The molecule has 0 spiro atoms. The Morgan fingerprint density at radius 2 is 2.00 bits per heavy atom. The fraction of sp³-hybridized carbons (Fsp3) is 0.167. The van der Waals surface area contributed by atoms with E-state index in [0.29, 0.717) is 5.15 Å². The Balaban J connectivity index is 2.02. The molecule has 1 N–H and O–H groups in total. The zero-order valence-electron chi connectivity index (χ0n) is 9.26. The average Bonchev–Trinajstić information content (AvgIpc) is 2.70. The summed E-state index contributed by atoms with van der Waals surface area (Å²) in [6.07, 6.45) is 1.53. The van der Waals surface area contributed by atoms with Crippen LogP contribution in [0.1, 0.15) is 11.7 Å². The van der Waals surface area contributed by atoms with Crippen LogP contribution >= 0.6 is 11.6 Å². The van der Waals surface area contributed by atoms with E-state index < -0.39 is 0 Å². The van der Waals surface area contributed by atoms with E-state index in [1.165, 1.54) is 11.9 Å². The maximum atomic E-state index is 6.05. The third-order valence-electron chi connectivity index (χ3n) is 2.90. The number of anilines is 2. The van der Waals surface area contributed by atoms with Gasteiger partial charge in [0.2, 0.25) is 0 Å². The van der Waals surface area contributed by atoms with Crippen LogP contribution in [0.3, 0.4) is 0 Å². The number of benzene rings is 1. The minimum Gasteiger partial charge on any atom is -0.356 e. The lowest BCUT2D eigenvalue weighted by atomic mass is 10.2. The van der Waals surface area contributed by atoms with E-state index in [0.717, 1.165) is 11.5 Å². The number of rotatable bonds is 1. The summed E-state index contributed by atoms with van der Waals surface area (Å²) in [5, 5.41) is 3.80. The van der Waals surface area contributed by atoms with E-state index >= 15 is 0 Å². The molecule has 17 heavy (non-hydrogen) atoms. The number of aromatic nitrogens is 2. The zero-order valence-corrected chi connectivity index (χ0v) is 10.0. The van der Waals surface area contributed by atoms with Gasteiger partial charge in [-0.1, -0.05) is 41.9 Å². The molecule has 2 aromatic rings. The predicted molar refractivity (Wildman–Crippen MR) is 68.3 cm³/mol. The highest BCUT2D eigenvalue weighted by atomic mass is 35.5. The number of hydrogen-bond donors (Lipinski definition) is 1. The number of nitrogens with zero attached hydrogens (tertiary/aromatic N) is 3. The summed E-state index contributed by atoms with van der Waals surface area (Å²) in [6, 6.07) is 10.2. The van der Waals surface area contributed by atoms with Gasteiger partial charge in [0.25, 0.3) is 0 Å². The molecule has 86 valence electrons. The molecule has 1 aliphatic rings. The normalized spacial score (nSPS) is 17.8. The van der Waals surface area contributed by atoms with E-state index in [9.17, 15) is 0 Å². The second kappa shape index (κ2) is 3.89. The van der Waals surface area contributed by atoms with E-state index in [1.807, 2.05) is 25.2 Å². The SMILES string of the molecule is CN1c2ncnc(Cl)c2NC1c1ccccc1. The fourth-order valence-electron chi connectivity index (χ4n) is 2.05. The molecule has 0 aliphatic carbocycles. The van der Waals surface area contributed by atoms with Crippen LogP contribution in [0.2, 0.25) is 5.15 Å². The average molecular weight is 247 g/mol. The first kappa shape index (κ1) is 10.4. The third-order valence-corrected chi connectivity index (χ3v) is 3.19. The van der Waals surface area contributed by atoms with E-state index in [2.05, 4.69) is 32.3 Å². The van der Waals surface area contributed by atoms with Crippen LogP contribution in [0.5, 0.6) is 0 Å². The summed E-state index contributed by atoms with van der Waals surface area (Å²) in [6.45, 7) is 0. The number of nitrogens with one attached hydrogen (secondary N) is 1. The Morgan fingerprint density at radius 3 is 2.71 bits per heavy atom. The van der Waals surface area contributed by atoms with Crippen LogP contribution in [0, 0.1) is 0 Å². The topological polar surface area (TPSA) is 41.1 Å². The minimum absolute atomic E-state index is 0.0559. The van der Waals surface area contributed by atoms with Crippen LogP contribution in [-0.2, 0) is 0 Å². The van der Waals surface area contributed by atoms with Crippen LogP contribution in [-0.4, -0.2) is 17.0 Å². The van der Waals surface area contributed by atoms with Gasteiger partial charge in [-0.2, -0.15) is 0 Å². The smallest absolute Gasteiger partial charge is 0.158 e. The fourth-order valence-corrected chi connectivity index (χ4v) is 2.23. The molecular weight excluding hydrogens is 236 g/mol. The van der Waals surface area contributed by atoms with Gasteiger partial charge in [0.15, 0.2) is 11.0 Å². The Morgan fingerprint density at radius 1 is 1.24 bits per heavy atom. The lowest BCUT2D eigenvalue weighted by molar-refractivity contribution is 0.784. The first-order chi connectivity index (χ1) is 8.27. The Hall–Kier alpha value is -1.81. The number of hydrogen-bond acceptors (Lipinski definition) is 4. The molecule has 0 saturated carbocycles. The van der Waals surface area contributed by atoms with Crippen molar-refractivity contribution in [2.45, 2.75) is 6.17 Å². The van der Waals surface area contributed by atoms with Gasteiger partial charge < -0.3 is 10.2 Å². The second-order valence-corrected chi connectivity index (χ2v) is 4.29. The van der Waals surface area contributed by atoms with Crippen molar-refractivity contribution in [2.75, 3.05) is 17.3 Å². The van der Waals surface area contributed by atoms with E-state index in [-0.39, 0.29) is 6.17 Å². The van der Waals surface area contributed by atoms with Crippen molar-refractivity contribution in [1.29, 1.82) is 0 Å². The molecular formula is C12H11ClN4. The predicted octanol–water partition coefficient (Wildman–Crippen LogP) is 2.69. The monoisotopic (exact) mass is 246 g/mol. The van der Waals surface area contributed by atoms with E-state index in [1.54, 1.807) is 0 Å². The maximum absolute atomic E-state index is 6.05. The number of fused-ring (bicyclic) bond motifs is 1. The summed E-state index contributed by atoms with van der Waals surface area (Å²) in [7, 11) is 1.99. The lowest BCUT2D eigenvalue weighted by Crippen LogP contribution is -2.23. The summed E-state index contributed by atoms with van der Waals surface area (Å²) in [4.78, 5) is 10.3. The van der Waals surface area contributed by atoms with Crippen molar-refractivity contribution >= 4 is 23.1 Å². The highest BCUT2D eigenvalue weighted by Gasteiger charge is 2.30. The molecule has 1 aliphatic heterocycles. The molecule has 1 aromatic heterocycles. The molecule has 1 unspecified atom stereocenters. The quantitative estimate of drug-likeness (QED) is 0.786. The minimum atomic E-state index is 0.0559. The first-order valence-corrected chi connectivity index (χ1v) is 5.70. The van der Waals surface area contributed by atoms with Crippen molar-refractivity contribution < 1.29 is 0 Å². The Bertz CT molecular complexity index is 543. The highest BCUT2D eigenvalue weighted by Crippen LogP contribution is 2.41. The maximum Gasteiger partial charge on any atom is 0.158 e. The van der Waals surface area contributed by atoms with Crippen molar-refractivity contribution in [3.05, 3.63) is 47.4 Å². The first-order valence-electron chi connectivity index (χ1n) is 5.32. The molecule has 1 aromatic carbocycles. The van der Waals surface area contributed by atoms with Gasteiger partial charge >= 0.3 is 0 Å². The molecule has 0 radical (unpaired) electrons. The molecule has 4 nitrogen and oxygen atoms in total. The summed E-state index contributed by atoms with van der Waals surface area (Å²) in [5.74, 6) is 0.832.